The molecule has 37 heavy (non-hydrogen) atoms. The highest BCUT2D eigenvalue weighted by Crippen LogP contribution is 2.50. The molecule has 11 heteroatoms. The number of H-pyrrole nitrogens is 1. The number of fused-ring (bicyclic) bond motifs is 1. The predicted octanol–water partition coefficient (Wildman–Crippen LogP) is 2.58. The molecule has 3 aromatic heterocycles. The molecule has 5 heterocycles. The lowest BCUT2D eigenvalue weighted by Gasteiger charge is -2.39. The fraction of sp³-hybridized carbons (Fsp3) is 0.500. The molecule has 1 aliphatic carbocycles. The van der Waals surface area contributed by atoms with Crippen LogP contribution in [0.2, 0.25) is 0 Å². The summed E-state index contributed by atoms with van der Waals surface area (Å²) in [7, 11) is 1.45. The maximum atomic E-state index is 14.3. The number of nitrogens with one attached hydrogen (secondary N) is 2. The van der Waals surface area contributed by atoms with E-state index in [1.54, 1.807) is 6.07 Å². The second-order valence-electron chi connectivity index (χ2n) is 10.4. The molecule has 1 saturated carbocycles. The maximum absolute atomic E-state index is 14.3. The van der Waals surface area contributed by atoms with Crippen molar-refractivity contribution in [3.05, 3.63) is 48.1 Å². The number of methoxy groups -OCH3 is 1. The van der Waals surface area contributed by atoms with Crippen molar-refractivity contribution in [3.8, 4) is 17.1 Å². The van der Waals surface area contributed by atoms with Gasteiger partial charge in [0.25, 0.3) is 5.91 Å². The Morgan fingerprint density at radius 1 is 1.24 bits per heavy atom. The van der Waals surface area contributed by atoms with E-state index in [1.807, 2.05) is 17.4 Å². The van der Waals surface area contributed by atoms with Crippen LogP contribution in [0.3, 0.4) is 0 Å². The summed E-state index contributed by atoms with van der Waals surface area (Å²) in [6.07, 6.45) is 9.86. The lowest BCUT2D eigenvalue weighted by Crippen LogP contribution is -2.51. The highest BCUT2D eigenvalue weighted by atomic mass is 19.1. The Morgan fingerprint density at radius 3 is 2.92 bits per heavy atom. The molecule has 2 fully saturated rings. The van der Waals surface area contributed by atoms with Gasteiger partial charge in [0.15, 0.2) is 5.82 Å². The number of aromatic nitrogens is 5. The Bertz CT molecular complexity index is 1330. The van der Waals surface area contributed by atoms with E-state index in [9.17, 15) is 14.0 Å². The second-order valence-corrected chi connectivity index (χ2v) is 10.4. The third-order valence-corrected chi connectivity index (χ3v) is 8.11. The minimum atomic E-state index is -0.546. The number of rotatable bonds is 6. The van der Waals surface area contributed by atoms with Crippen molar-refractivity contribution in [2.24, 2.45) is 11.8 Å². The molecule has 2 aliphatic heterocycles. The number of carbonyl (C=O) groups is 2. The number of ether oxygens (including phenoxy) is 1. The first-order chi connectivity index (χ1) is 18.0. The Kier molecular flexibility index (Phi) is 5.92. The molecule has 2 amide bonds. The van der Waals surface area contributed by atoms with E-state index < -0.39 is 5.82 Å². The van der Waals surface area contributed by atoms with E-state index in [2.05, 4.69) is 30.0 Å². The number of nitrogens with zero attached hydrogens (tertiary/aromatic N) is 5. The topological polar surface area (TPSA) is 118 Å². The van der Waals surface area contributed by atoms with Gasteiger partial charge in [-0.25, -0.2) is 14.4 Å². The van der Waals surface area contributed by atoms with Gasteiger partial charge < -0.3 is 19.5 Å². The van der Waals surface area contributed by atoms with E-state index in [0.717, 1.165) is 38.4 Å². The molecule has 2 unspecified atom stereocenters. The Morgan fingerprint density at radius 2 is 2.11 bits per heavy atom. The van der Waals surface area contributed by atoms with Gasteiger partial charge >= 0.3 is 0 Å². The second kappa shape index (κ2) is 9.28. The smallest absolute Gasteiger partial charge is 0.272 e. The van der Waals surface area contributed by atoms with Gasteiger partial charge in [-0.1, -0.05) is 0 Å². The SMILES string of the molecule is COc1cc(-c2cc(C(=O)N3CCC(C(=O)NCC4CCn5cncc5C4)CC34CC4)[nH]n2)c(F)cn1. The number of halogens is 1. The Balaban J connectivity index is 1.08. The van der Waals surface area contributed by atoms with Crippen LogP contribution < -0.4 is 10.1 Å². The van der Waals surface area contributed by atoms with E-state index in [4.69, 9.17) is 4.74 Å². The number of hydrogen-bond donors (Lipinski definition) is 2. The quantitative estimate of drug-likeness (QED) is 0.530. The van der Waals surface area contributed by atoms with Crippen molar-refractivity contribution < 1.29 is 18.7 Å². The first-order valence-electron chi connectivity index (χ1n) is 12.8. The van der Waals surface area contributed by atoms with Crippen LogP contribution in [0.25, 0.3) is 11.3 Å². The lowest BCUT2D eigenvalue weighted by molar-refractivity contribution is -0.127. The zero-order valence-corrected chi connectivity index (χ0v) is 20.7. The summed E-state index contributed by atoms with van der Waals surface area (Å²) in [5.41, 5.74) is 1.76. The average molecular weight is 508 g/mol. The van der Waals surface area contributed by atoms with E-state index in [0.29, 0.717) is 43.2 Å². The van der Waals surface area contributed by atoms with Crippen molar-refractivity contribution in [1.82, 2.24) is 34.9 Å². The molecular formula is C26H30FN7O3. The van der Waals surface area contributed by atoms with Crippen LogP contribution in [0.5, 0.6) is 5.88 Å². The monoisotopic (exact) mass is 507 g/mol. The predicted molar refractivity (Wildman–Crippen MR) is 131 cm³/mol. The molecule has 1 spiro atoms. The zero-order chi connectivity index (χ0) is 25.6. The summed E-state index contributed by atoms with van der Waals surface area (Å²) < 4.78 is 21.6. The molecule has 10 nitrogen and oxygen atoms in total. The number of hydrogen-bond acceptors (Lipinski definition) is 6. The van der Waals surface area contributed by atoms with Gasteiger partial charge in [-0.2, -0.15) is 5.10 Å². The van der Waals surface area contributed by atoms with Crippen LogP contribution in [0.1, 0.15) is 48.3 Å². The van der Waals surface area contributed by atoms with Crippen molar-refractivity contribution >= 4 is 11.8 Å². The number of piperidine rings is 1. The van der Waals surface area contributed by atoms with Gasteiger partial charge in [0.2, 0.25) is 11.8 Å². The number of amides is 2. The zero-order valence-electron chi connectivity index (χ0n) is 20.7. The highest BCUT2D eigenvalue weighted by Gasteiger charge is 2.54. The van der Waals surface area contributed by atoms with Gasteiger partial charge in [0.05, 0.1) is 25.3 Å². The average Bonchev–Trinajstić information content (AvgIpc) is 3.31. The van der Waals surface area contributed by atoms with Crippen molar-refractivity contribution in [2.75, 3.05) is 20.2 Å². The number of aromatic amines is 1. The molecule has 3 aromatic rings. The van der Waals surface area contributed by atoms with E-state index >= 15 is 0 Å². The molecule has 0 aromatic carbocycles. The molecule has 1 saturated heterocycles. The summed E-state index contributed by atoms with van der Waals surface area (Å²) in [5, 5.41) is 10.1. The van der Waals surface area contributed by atoms with Gasteiger partial charge in [-0.15, -0.1) is 0 Å². The largest absolute Gasteiger partial charge is 0.481 e. The first kappa shape index (κ1) is 23.6. The van der Waals surface area contributed by atoms with Gasteiger partial charge in [-0.3, -0.25) is 14.7 Å². The summed E-state index contributed by atoms with van der Waals surface area (Å²) in [4.78, 5) is 36.4. The Labute approximate surface area is 213 Å². The Hall–Kier alpha value is -3.76. The van der Waals surface area contributed by atoms with Gasteiger partial charge in [0, 0.05) is 54.6 Å². The van der Waals surface area contributed by atoms with Crippen LogP contribution >= 0.6 is 0 Å². The minimum Gasteiger partial charge on any atom is -0.481 e. The number of imidazole rings is 1. The molecule has 0 bridgehead atoms. The molecule has 194 valence electrons. The van der Waals surface area contributed by atoms with Gasteiger partial charge in [-0.05, 0) is 50.5 Å². The third-order valence-electron chi connectivity index (χ3n) is 8.11. The molecule has 3 aliphatic rings. The molecule has 2 N–H and O–H groups in total. The van der Waals surface area contributed by atoms with E-state index in [1.165, 1.54) is 18.9 Å². The maximum Gasteiger partial charge on any atom is 0.272 e. The fourth-order valence-electron chi connectivity index (χ4n) is 5.80. The standard InChI is InChI=1S/C26H30FN7O3/c1-37-23-9-19(20(27)14-29-23)21-10-22(32-31-21)25(36)34-7-3-17(11-26(34)4-5-26)24(35)30-12-16-2-6-33-15-28-13-18(33)8-16/h9-10,13-17H,2-8,11-12H2,1H3,(H,30,35)(H,31,32). The molecule has 0 radical (unpaired) electrons. The van der Waals surface area contributed by atoms with Crippen LogP contribution in [0, 0.1) is 17.7 Å². The van der Waals surface area contributed by atoms with Crippen LogP contribution in [0.15, 0.2) is 30.9 Å². The molecule has 2 atom stereocenters. The van der Waals surface area contributed by atoms with Crippen molar-refractivity contribution in [1.29, 1.82) is 0 Å². The summed E-state index contributed by atoms with van der Waals surface area (Å²) in [6.45, 7) is 2.12. The van der Waals surface area contributed by atoms with Crippen LogP contribution in [0.4, 0.5) is 4.39 Å². The van der Waals surface area contributed by atoms with E-state index in [-0.39, 0.29) is 34.7 Å². The van der Waals surface area contributed by atoms with Crippen molar-refractivity contribution in [2.45, 2.75) is 50.6 Å². The van der Waals surface area contributed by atoms with Crippen LogP contribution in [-0.2, 0) is 17.8 Å². The summed E-state index contributed by atoms with van der Waals surface area (Å²) in [5.74, 6) is -0.0464. The summed E-state index contributed by atoms with van der Waals surface area (Å²) >= 11 is 0. The minimum absolute atomic E-state index is 0.0865. The normalized spacial score (nSPS) is 21.9. The van der Waals surface area contributed by atoms with Crippen LogP contribution in [-0.4, -0.2) is 67.2 Å². The molecular weight excluding hydrogens is 477 g/mol. The molecule has 6 rings (SSSR count). The highest BCUT2D eigenvalue weighted by molar-refractivity contribution is 5.94. The number of pyridine rings is 1. The third kappa shape index (κ3) is 4.47. The number of aryl methyl sites for hydroxylation is 1. The fourth-order valence-corrected chi connectivity index (χ4v) is 5.80. The lowest BCUT2D eigenvalue weighted by atomic mass is 9.87. The number of likely N-dealkylation sites (tertiary alicyclic amines) is 1. The first-order valence-corrected chi connectivity index (χ1v) is 12.8. The van der Waals surface area contributed by atoms with Gasteiger partial charge in [0.1, 0.15) is 5.69 Å². The summed E-state index contributed by atoms with van der Waals surface area (Å²) in [6, 6.07) is 3.01. The van der Waals surface area contributed by atoms with Crippen molar-refractivity contribution in [3.63, 3.8) is 0 Å². The number of carbonyl (C=O) groups excluding carboxylic acids is 2.